The predicted octanol–water partition coefficient (Wildman–Crippen LogP) is 4.26. The third-order valence-corrected chi connectivity index (χ3v) is 5.71. The molecule has 3 rings (SSSR count). The minimum absolute atomic E-state index is 0.0449. The molecule has 0 aliphatic carbocycles. The van der Waals surface area contributed by atoms with Crippen LogP contribution in [-0.4, -0.2) is 23.3 Å². The number of nitrogens with zero attached hydrogens (tertiary/aromatic N) is 2. The topological polar surface area (TPSA) is 44.1 Å². The van der Waals surface area contributed by atoms with Gasteiger partial charge in [0.2, 0.25) is 0 Å². The van der Waals surface area contributed by atoms with E-state index in [2.05, 4.69) is 26.8 Å². The van der Waals surface area contributed by atoms with Crippen molar-refractivity contribution in [3.63, 3.8) is 0 Å². The number of aromatic nitrogens is 2. The Morgan fingerprint density at radius 3 is 2.78 bits per heavy atom. The monoisotopic (exact) mass is 348 g/mol. The summed E-state index contributed by atoms with van der Waals surface area (Å²) in [5.74, 6) is 1.02. The van der Waals surface area contributed by atoms with Gasteiger partial charge in [0.05, 0.1) is 18.5 Å². The van der Waals surface area contributed by atoms with E-state index in [1.807, 2.05) is 11.4 Å². The van der Waals surface area contributed by atoms with Crippen molar-refractivity contribution < 1.29 is 4.74 Å². The minimum atomic E-state index is 0.0449. The average molecular weight is 348 g/mol. The average Bonchev–Trinajstić information content (AvgIpc) is 3.12. The Kier molecular flexibility index (Phi) is 4.66. The van der Waals surface area contributed by atoms with Gasteiger partial charge in [-0.1, -0.05) is 19.9 Å². The molecule has 0 aromatic carbocycles. The van der Waals surface area contributed by atoms with Crippen LogP contribution in [0.4, 0.5) is 0 Å². The third kappa shape index (κ3) is 2.86. The van der Waals surface area contributed by atoms with Crippen LogP contribution in [0.1, 0.15) is 30.5 Å². The molecule has 23 heavy (non-hydrogen) atoms. The number of ether oxygens (including phenoxy) is 1. The van der Waals surface area contributed by atoms with Crippen molar-refractivity contribution in [1.82, 2.24) is 9.55 Å². The molecule has 0 aliphatic rings. The molecule has 3 aromatic rings. The Hall–Kier alpha value is -1.50. The quantitative estimate of drug-likeness (QED) is 0.692. The van der Waals surface area contributed by atoms with Gasteiger partial charge in [0.1, 0.15) is 10.7 Å². The van der Waals surface area contributed by atoms with E-state index < -0.39 is 0 Å². The van der Waals surface area contributed by atoms with E-state index >= 15 is 0 Å². The summed E-state index contributed by atoms with van der Waals surface area (Å²) in [5.41, 5.74) is 1.09. The van der Waals surface area contributed by atoms with Crippen LogP contribution < -0.4 is 5.56 Å². The lowest BCUT2D eigenvalue weighted by molar-refractivity contribution is 0.184. The fourth-order valence-corrected chi connectivity index (χ4v) is 4.70. The molecule has 0 unspecified atom stereocenters. The highest BCUT2D eigenvalue weighted by atomic mass is 32.1. The van der Waals surface area contributed by atoms with Crippen molar-refractivity contribution in [2.75, 3.05) is 13.7 Å². The van der Waals surface area contributed by atoms with Crippen LogP contribution in [0.15, 0.2) is 22.3 Å². The summed E-state index contributed by atoms with van der Waals surface area (Å²) in [6.07, 6.45) is 0. The maximum atomic E-state index is 13.2. The number of thiophene rings is 2. The molecule has 0 saturated carbocycles. The van der Waals surface area contributed by atoms with Crippen molar-refractivity contribution >= 4 is 32.9 Å². The second kappa shape index (κ2) is 6.55. The highest BCUT2D eigenvalue weighted by molar-refractivity contribution is 7.20. The molecular formula is C17H20N2O2S2. The molecular weight excluding hydrogens is 328 g/mol. The Bertz CT molecular complexity index is 876. The summed E-state index contributed by atoms with van der Waals surface area (Å²) in [5, 5.41) is 2.79. The van der Waals surface area contributed by atoms with Gasteiger partial charge in [0.15, 0.2) is 0 Å². The normalized spacial score (nSPS) is 11.7. The lowest BCUT2D eigenvalue weighted by Crippen LogP contribution is -2.27. The fraction of sp³-hybridized carbons (Fsp3) is 0.412. The van der Waals surface area contributed by atoms with Crippen LogP contribution in [-0.2, 0) is 11.3 Å². The van der Waals surface area contributed by atoms with E-state index in [0.29, 0.717) is 13.2 Å². The van der Waals surface area contributed by atoms with Crippen LogP contribution in [0.25, 0.3) is 20.7 Å². The summed E-state index contributed by atoms with van der Waals surface area (Å²) in [4.78, 5) is 21.1. The highest BCUT2D eigenvalue weighted by Crippen LogP contribution is 2.38. The van der Waals surface area contributed by atoms with Gasteiger partial charge >= 0.3 is 0 Å². The number of methoxy groups -OCH3 is 1. The van der Waals surface area contributed by atoms with Gasteiger partial charge in [-0.25, -0.2) is 4.98 Å². The first-order valence-electron chi connectivity index (χ1n) is 7.61. The molecule has 3 aromatic heterocycles. The lowest BCUT2D eigenvalue weighted by atomic mass is 10.1. The summed E-state index contributed by atoms with van der Waals surface area (Å²) in [6, 6.07) is 4.08. The van der Waals surface area contributed by atoms with Crippen LogP contribution in [0.2, 0.25) is 0 Å². The molecule has 0 radical (unpaired) electrons. The van der Waals surface area contributed by atoms with Gasteiger partial charge in [-0.2, -0.15) is 0 Å². The summed E-state index contributed by atoms with van der Waals surface area (Å²) >= 11 is 3.26. The number of rotatable bonds is 5. The molecule has 0 N–H and O–H groups in total. The summed E-state index contributed by atoms with van der Waals surface area (Å²) in [7, 11) is 1.65. The first-order valence-corrected chi connectivity index (χ1v) is 9.30. The van der Waals surface area contributed by atoms with Gasteiger partial charge in [0, 0.05) is 28.3 Å². The molecule has 122 valence electrons. The second-order valence-corrected chi connectivity index (χ2v) is 7.92. The summed E-state index contributed by atoms with van der Waals surface area (Å²) in [6.45, 7) is 7.24. The molecule has 6 heteroatoms. The SMILES string of the molecule is COCCn1c(C(C)C)nc2sc(C)c(-c3cccs3)c2c1=O. The van der Waals surface area contributed by atoms with Crippen molar-refractivity contribution in [1.29, 1.82) is 0 Å². The highest BCUT2D eigenvalue weighted by Gasteiger charge is 2.21. The maximum Gasteiger partial charge on any atom is 0.263 e. The van der Waals surface area contributed by atoms with E-state index in [1.165, 1.54) is 0 Å². The zero-order valence-electron chi connectivity index (χ0n) is 13.8. The van der Waals surface area contributed by atoms with Gasteiger partial charge in [-0.05, 0) is 18.4 Å². The number of fused-ring (bicyclic) bond motifs is 1. The number of hydrogen-bond donors (Lipinski definition) is 0. The number of aryl methyl sites for hydroxylation is 1. The van der Waals surface area contributed by atoms with Gasteiger partial charge in [-0.3, -0.25) is 9.36 Å². The van der Waals surface area contributed by atoms with Crippen LogP contribution in [0.5, 0.6) is 0 Å². The minimum Gasteiger partial charge on any atom is -0.383 e. The van der Waals surface area contributed by atoms with Crippen LogP contribution >= 0.6 is 22.7 Å². The standard InChI is InChI=1S/C17H20N2O2S2/c1-10(2)15-18-16-14(17(20)19(15)7-8-21-4)13(11(3)23-16)12-6-5-9-22-12/h5-6,9-10H,7-8H2,1-4H3. The Morgan fingerprint density at radius 1 is 1.39 bits per heavy atom. The largest absolute Gasteiger partial charge is 0.383 e. The zero-order valence-corrected chi connectivity index (χ0v) is 15.4. The molecule has 3 heterocycles. The lowest BCUT2D eigenvalue weighted by Gasteiger charge is -2.14. The van der Waals surface area contributed by atoms with E-state index in [4.69, 9.17) is 9.72 Å². The fourth-order valence-electron chi connectivity index (χ4n) is 2.77. The first kappa shape index (κ1) is 16.4. The maximum absolute atomic E-state index is 13.2. The molecule has 0 amide bonds. The van der Waals surface area contributed by atoms with Crippen molar-refractivity contribution in [3.05, 3.63) is 38.6 Å². The number of hydrogen-bond acceptors (Lipinski definition) is 5. The summed E-state index contributed by atoms with van der Waals surface area (Å²) < 4.78 is 6.95. The molecule has 0 atom stereocenters. The first-order chi connectivity index (χ1) is 11.0. The van der Waals surface area contributed by atoms with Crippen LogP contribution in [0, 0.1) is 6.92 Å². The van der Waals surface area contributed by atoms with E-state index in [1.54, 1.807) is 34.4 Å². The van der Waals surface area contributed by atoms with E-state index in [0.717, 1.165) is 31.4 Å². The molecule has 4 nitrogen and oxygen atoms in total. The Labute approximate surface area is 143 Å². The molecule has 0 aliphatic heterocycles. The predicted molar refractivity (Wildman–Crippen MR) is 97.9 cm³/mol. The molecule has 0 saturated heterocycles. The third-order valence-electron chi connectivity index (χ3n) is 3.82. The Balaban J connectivity index is 2.33. The van der Waals surface area contributed by atoms with E-state index in [9.17, 15) is 4.79 Å². The smallest absolute Gasteiger partial charge is 0.263 e. The van der Waals surface area contributed by atoms with Gasteiger partial charge < -0.3 is 4.74 Å². The molecule has 0 bridgehead atoms. The van der Waals surface area contributed by atoms with Gasteiger partial charge in [0.25, 0.3) is 5.56 Å². The van der Waals surface area contributed by atoms with E-state index in [-0.39, 0.29) is 11.5 Å². The molecule has 0 fully saturated rings. The van der Waals surface area contributed by atoms with Crippen LogP contribution in [0.3, 0.4) is 0 Å². The van der Waals surface area contributed by atoms with Gasteiger partial charge in [-0.15, -0.1) is 22.7 Å². The molecule has 0 spiro atoms. The van der Waals surface area contributed by atoms with Crippen molar-refractivity contribution in [2.24, 2.45) is 0 Å². The Morgan fingerprint density at radius 2 is 2.17 bits per heavy atom. The van der Waals surface area contributed by atoms with Crippen molar-refractivity contribution in [3.8, 4) is 10.4 Å². The van der Waals surface area contributed by atoms with Crippen molar-refractivity contribution in [2.45, 2.75) is 33.2 Å². The zero-order chi connectivity index (χ0) is 16.6. The second-order valence-electron chi connectivity index (χ2n) is 5.76.